The molecule has 1 heterocycles. The lowest BCUT2D eigenvalue weighted by atomic mass is 10.0. The Kier molecular flexibility index (Phi) is 1.92. The van der Waals surface area contributed by atoms with Crippen molar-refractivity contribution in [1.82, 2.24) is 5.32 Å². The largest absolute Gasteiger partial charge is 0.350 e. The number of carbonyl (C=O) groups is 1. The number of hydrogen-bond acceptors (Lipinski definition) is 1. The van der Waals surface area contributed by atoms with E-state index < -0.39 is 12.1 Å². The molecule has 0 aromatic heterocycles. The van der Waals surface area contributed by atoms with E-state index in [0.29, 0.717) is 12.3 Å². The lowest BCUT2D eigenvalue weighted by molar-refractivity contribution is -0.123. The Morgan fingerprint density at radius 2 is 2.30 bits per heavy atom. The maximum Gasteiger partial charge on any atom is 0.254 e. The van der Waals surface area contributed by atoms with E-state index >= 15 is 0 Å². The summed E-state index contributed by atoms with van der Waals surface area (Å²) >= 11 is 0. The van der Waals surface area contributed by atoms with Crippen molar-refractivity contribution in [2.45, 2.75) is 32.5 Å². The minimum Gasteiger partial charge on any atom is -0.350 e. The molecular weight excluding hydrogens is 133 g/mol. The van der Waals surface area contributed by atoms with Gasteiger partial charge in [-0.1, -0.05) is 13.8 Å². The highest BCUT2D eigenvalue weighted by molar-refractivity contribution is 5.83. The summed E-state index contributed by atoms with van der Waals surface area (Å²) in [5, 5.41) is 2.59. The van der Waals surface area contributed by atoms with Gasteiger partial charge in [-0.15, -0.1) is 0 Å². The van der Waals surface area contributed by atoms with Crippen LogP contribution in [0.4, 0.5) is 4.39 Å². The molecule has 0 saturated carbocycles. The van der Waals surface area contributed by atoms with Crippen LogP contribution < -0.4 is 5.32 Å². The Morgan fingerprint density at radius 1 is 1.70 bits per heavy atom. The Labute approximate surface area is 59.8 Å². The van der Waals surface area contributed by atoms with E-state index in [-0.39, 0.29) is 6.04 Å². The SMILES string of the molecule is CC(C)[C@H]1CC(F)C(=O)N1. The third-order valence-electron chi connectivity index (χ3n) is 1.88. The van der Waals surface area contributed by atoms with E-state index in [1.165, 1.54) is 0 Å². The van der Waals surface area contributed by atoms with Crippen molar-refractivity contribution < 1.29 is 9.18 Å². The van der Waals surface area contributed by atoms with Crippen LogP contribution in [0.1, 0.15) is 20.3 Å². The highest BCUT2D eigenvalue weighted by Gasteiger charge is 2.32. The van der Waals surface area contributed by atoms with Crippen LogP contribution >= 0.6 is 0 Å². The molecule has 0 aliphatic carbocycles. The fraction of sp³-hybridized carbons (Fsp3) is 0.857. The second-order valence-electron chi connectivity index (χ2n) is 3.06. The van der Waals surface area contributed by atoms with Crippen LogP contribution in [-0.4, -0.2) is 18.1 Å². The maximum atomic E-state index is 12.5. The first-order chi connectivity index (χ1) is 4.61. The molecule has 0 aromatic rings. The van der Waals surface area contributed by atoms with Gasteiger partial charge in [0.2, 0.25) is 0 Å². The Bertz CT molecular complexity index is 147. The Hall–Kier alpha value is -0.600. The van der Waals surface area contributed by atoms with Gasteiger partial charge in [0.15, 0.2) is 6.17 Å². The fourth-order valence-electron chi connectivity index (χ4n) is 1.10. The van der Waals surface area contributed by atoms with Gasteiger partial charge in [-0.2, -0.15) is 0 Å². The molecule has 0 bridgehead atoms. The van der Waals surface area contributed by atoms with E-state index in [4.69, 9.17) is 0 Å². The minimum absolute atomic E-state index is 0.0440. The Balaban J connectivity index is 2.49. The van der Waals surface area contributed by atoms with Crippen LogP contribution in [0.2, 0.25) is 0 Å². The third-order valence-corrected chi connectivity index (χ3v) is 1.88. The zero-order valence-electron chi connectivity index (χ0n) is 6.23. The van der Waals surface area contributed by atoms with Crippen molar-refractivity contribution in [3.8, 4) is 0 Å². The molecule has 1 N–H and O–H groups in total. The average molecular weight is 145 g/mol. The zero-order chi connectivity index (χ0) is 7.72. The fourth-order valence-corrected chi connectivity index (χ4v) is 1.10. The topological polar surface area (TPSA) is 29.1 Å². The first-order valence-corrected chi connectivity index (χ1v) is 3.55. The van der Waals surface area contributed by atoms with Crippen LogP contribution in [0.3, 0.4) is 0 Å². The van der Waals surface area contributed by atoms with Crippen molar-refractivity contribution in [3.63, 3.8) is 0 Å². The Morgan fingerprint density at radius 3 is 2.50 bits per heavy atom. The summed E-state index contributed by atoms with van der Waals surface area (Å²) in [7, 11) is 0. The molecule has 1 aliphatic rings. The van der Waals surface area contributed by atoms with E-state index in [0.717, 1.165) is 0 Å². The van der Waals surface area contributed by atoms with Gasteiger partial charge in [-0.05, 0) is 5.92 Å². The van der Waals surface area contributed by atoms with E-state index in [1.54, 1.807) is 0 Å². The molecule has 3 heteroatoms. The van der Waals surface area contributed by atoms with E-state index in [2.05, 4.69) is 5.32 Å². The molecule has 1 saturated heterocycles. The summed E-state index contributed by atoms with van der Waals surface area (Å²) in [5.41, 5.74) is 0. The van der Waals surface area contributed by atoms with Crippen LogP contribution in [0.5, 0.6) is 0 Å². The van der Waals surface area contributed by atoms with Gasteiger partial charge in [0.25, 0.3) is 5.91 Å². The molecule has 0 radical (unpaired) electrons. The number of hydrogen-bond donors (Lipinski definition) is 1. The standard InChI is InChI=1S/C7H12FNO/c1-4(2)6-3-5(8)7(10)9-6/h4-6H,3H2,1-2H3,(H,9,10)/t5?,6-/m1/s1. The monoisotopic (exact) mass is 145 g/mol. The van der Waals surface area contributed by atoms with Crippen molar-refractivity contribution in [1.29, 1.82) is 0 Å². The predicted octanol–water partition coefficient (Wildman–Crippen LogP) is 0.869. The number of carbonyl (C=O) groups excluding carboxylic acids is 1. The molecule has 10 heavy (non-hydrogen) atoms. The van der Waals surface area contributed by atoms with Crippen LogP contribution in [-0.2, 0) is 4.79 Å². The van der Waals surface area contributed by atoms with Gasteiger partial charge in [-0.3, -0.25) is 4.79 Å². The second kappa shape index (κ2) is 2.56. The first kappa shape index (κ1) is 7.51. The third kappa shape index (κ3) is 1.28. The number of nitrogens with one attached hydrogen (secondary N) is 1. The van der Waals surface area contributed by atoms with E-state index in [9.17, 15) is 9.18 Å². The molecule has 2 nitrogen and oxygen atoms in total. The summed E-state index contributed by atoms with van der Waals surface area (Å²) < 4.78 is 12.5. The highest BCUT2D eigenvalue weighted by Crippen LogP contribution is 2.17. The molecule has 1 amide bonds. The summed E-state index contributed by atoms with van der Waals surface area (Å²) in [5.74, 6) is -0.108. The molecule has 1 unspecified atom stereocenters. The number of alkyl halides is 1. The number of amides is 1. The molecule has 1 rings (SSSR count). The lowest BCUT2D eigenvalue weighted by Gasteiger charge is -2.12. The molecule has 1 fully saturated rings. The van der Waals surface area contributed by atoms with Crippen LogP contribution in [0.25, 0.3) is 0 Å². The summed E-state index contributed by atoms with van der Waals surface area (Å²) in [6.45, 7) is 3.95. The highest BCUT2D eigenvalue weighted by atomic mass is 19.1. The predicted molar refractivity (Wildman–Crippen MR) is 36.3 cm³/mol. The van der Waals surface area contributed by atoms with Crippen molar-refractivity contribution >= 4 is 5.91 Å². The van der Waals surface area contributed by atoms with Gasteiger partial charge in [0, 0.05) is 12.5 Å². The average Bonchev–Trinajstić information content (AvgIpc) is 2.13. The van der Waals surface area contributed by atoms with Crippen molar-refractivity contribution in [2.75, 3.05) is 0 Å². The van der Waals surface area contributed by atoms with Gasteiger partial charge in [0.05, 0.1) is 0 Å². The van der Waals surface area contributed by atoms with E-state index in [1.807, 2.05) is 13.8 Å². The van der Waals surface area contributed by atoms with Crippen molar-refractivity contribution in [3.05, 3.63) is 0 Å². The molecule has 58 valence electrons. The van der Waals surface area contributed by atoms with Gasteiger partial charge < -0.3 is 5.32 Å². The van der Waals surface area contributed by atoms with Crippen molar-refractivity contribution in [2.24, 2.45) is 5.92 Å². The quantitative estimate of drug-likeness (QED) is 0.582. The minimum atomic E-state index is -1.27. The van der Waals surface area contributed by atoms with Gasteiger partial charge in [0.1, 0.15) is 0 Å². The summed E-state index contributed by atoms with van der Waals surface area (Å²) in [4.78, 5) is 10.6. The van der Waals surface area contributed by atoms with Crippen LogP contribution in [0.15, 0.2) is 0 Å². The molecule has 0 spiro atoms. The first-order valence-electron chi connectivity index (χ1n) is 3.55. The summed E-state index contributed by atoms with van der Waals surface area (Å²) in [6.07, 6.45) is -0.927. The molecule has 2 atom stereocenters. The van der Waals surface area contributed by atoms with Crippen LogP contribution in [0, 0.1) is 5.92 Å². The number of rotatable bonds is 1. The summed E-state index contributed by atoms with van der Waals surface area (Å²) in [6, 6.07) is 0.0440. The lowest BCUT2D eigenvalue weighted by Crippen LogP contribution is -2.30. The zero-order valence-corrected chi connectivity index (χ0v) is 6.23. The van der Waals surface area contributed by atoms with Gasteiger partial charge >= 0.3 is 0 Å². The second-order valence-corrected chi connectivity index (χ2v) is 3.06. The number of halogens is 1. The molecule has 0 aromatic carbocycles. The molecule has 1 aliphatic heterocycles. The normalized spacial score (nSPS) is 33.0. The smallest absolute Gasteiger partial charge is 0.254 e. The van der Waals surface area contributed by atoms with Gasteiger partial charge in [-0.25, -0.2) is 4.39 Å². The molecular formula is C7H12FNO. The maximum absolute atomic E-state index is 12.5.